The first-order valence-corrected chi connectivity index (χ1v) is 8.35. The van der Waals surface area contributed by atoms with Crippen LogP contribution in [-0.2, 0) is 4.79 Å². The molecule has 0 aromatic carbocycles. The van der Waals surface area contributed by atoms with Crippen LogP contribution in [0, 0.1) is 11.8 Å². The lowest BCUT2D eigenvalue weighted by atomic mass is 10.0. The molecule has 2 aliphatic carbocycles. The summed E-state index contributed by atoms with van der Waals surface area (Å²) in [5, 5.41) is 9.98. The Morgan fingerprint density at radius 1 is 1.15 bits per heavy atom. The first kappa shape index (κ1) is 14.3. The highest BCUT2D eigenvalue weighted by Gasteiger charge is 2.34. The molecule has 3 rings (SSSR count). The van der Waals surface area contributed by atoms with E-state index < -0.39 is 0 Å². The van der Waals surface area contributed by atoms with E-state index >= 15 is 0 Å². The van der Waals surface area contributed by atoms with Crippen LogP contribution in [0.15, 0.2) is 0 Å². The third kappa shape index (κ3) is 3.17. The monoisotopic (exact) mass is 280 g/mol. The molecule has 0 bridgehead atoms. The van der Waals surface area contributed by atoms with Gasteiger partial charge in [0.05, 0.1) is 6.10 Å². The van der Waals surface area contributed by atoms with E-state index in [4.69, 9.17) is 0 Å². The Labute approximate surface area is 122 Å². The minimum absolute atomic E-state index is 0.146. The first-order valence-electron chi connectivity index (χ1n) is 8.35. The van der Waals surface area contributed by atoms with Gasteiger partial charge in [-0.05, 0) is 43.9 Å². The summed E-state index contributed by atoms with van der Waals surface area (Å²) >= 11 is 0. The second-order valence-corrected chi connectivity index (χ2v) is 7.00. The normalized spacial score (nSPS) is 33.4. The summed E-state index contributed by atoms with van der Waals surface area (Å²) in [4.78, 5) is 16.7. The van der Waals surface area contributed by atoms with Crippen molar-refractivity contribution < 1.29 is 9.90 Å². The standard InChI is InChI=1S/C16H28N2O2/c1-12(13-5-6-13)11-16(20)18-9-7-17(8-10-18)14-3-2-4-15(14)19/h12-15,19H,2-11H2,1H3/t12-,14-,15+/m1/s1. The van der Waals surface area contributed by atoms with Crippen LogP contribution >= 0.6 is 0 Å². The molecule has 1 heterocycles. The SMILES string of the molecule is C[C@H](CC(=O)N1CCN([C@@H]2CCC[C@@H]2O)CC1)C1CC1. The molecule has 20 heavy (non-hydrogen) atoms. The molecule has 1 amide bonds. The molecule has 1 saturated heterocycles. The van der Waals surface area contributed by atoms with Gasteiger partial charge in [0.1, 0.15) is 0 Å². The van der Waals surface area contributed by atoms with Crippen LogP contribution in [0.1, 0.15) is 45.4 Å². The van der Waals surface area contributed by atoms with Crippen molar-refractivity contribution in [3.63, 3.8) is 0 Å². The van der Waals surface area contributed by atoms with Gasteiger partial charge in [-0.25, -0.2) is 0 Å². The smallest absolute Gasteiger partial charge is 0.222 e. The number of carbonyl (C=O) groups is 1. The first-order chi connectivity index (χ1) is 9.65. The molecule has 0 aromatic heterocycles. The van der Waals surface area contributed by atoms with E-state index in [1.54, 1.807) is 0 Å². The number of amides is 1. The largest absolute Gasteiger partial charge is 0.391 e. The van der Waals surface area contributed by atoms with Crippen molar-refractivity contribution >= 4 is 5.91 Å². The van der Waals surface area contributed by atoms with E-state index in [0.29, 0.717) is 17.9 Å². The molecule has 0 unspecified atom stereocenters. The van der Waals surface area contributed by atoms with Gasteiger partial charge in [0, 0.05) is 38.6 Å². The molecule has 4 nitrogen and oxygen atoms in total. The van der Waals surface area contributed by atoms with Gasteiger partial charge in [0.15, 0.2) is 0 Å². The average molecular weight is 280 g/mol. The van der Waals surface area contributed by atoms with Crippen LogP contribution < -0.4 is 0 Å². The Bertz CT molecular complexity index is 348. The third-order valence-corrected chi connectivity index (χ3v) is 5.50. The van der Waals surface area contributed by atoms with Crippen LogP contribution in [0.2, 0.25) is 0 Å². The van der Waals surface area contributed by atoms with Gasteiger partial charge in [-0.15, -0.1) is 0 Å². The average Bonchev–Trinajstić information content (AvgIpc) is 3.21. The summed E-state index contributed by atoms with van der Waals surface area (Å²) in [5.74, 6) is 1.72. The van der Waals surface area contributed by atoms with E-state index in [9.17, 15) is 9.90 Å². The maximum atomic E-state index is 12.3. The Kier molecular flexibility index (Phi) is 4.32. The Hall–Kier alpha value is -0.610. The van der Waals surface area contributed by atoms with Gasteiger partial charge in [0.25, 0.3) is 0 Å². The number of aliphatic hydroxyl groups is 1. The minimum atomic E-state index is -0.146. The number of piperazine rings is 1. The summed E-state index contributed by atoms with van der Waals surface area (Å²) < 4.78 is 0. The summed E-state index contributed by atoms with van der Waals surface area (Å²) in [7, 11) is 0. The Morgan fingerprint density at radius 2 is 1.85 bits per heavy atom. The summed E-state index contributed by atoms with van der Waals surface area (Å²) in [5.41, 5.74) is 0. The quantitative estimate of drug-likeness (QED) is 0.848. The lowest BCUT2D eigenvalue weighted by molar-refractivity contribution is -0.134. The van der Waals surface area contributed by atoms with E-state index in [2.05, 4.69) is 11.8 Å². The molecule has 0 spiro atoms. The molecule has 0 radical (unpaired) electrons. The predicted octanol–water partition coefficient (Wildman–Crippen LogP) is 1.48. The van der Waals surface area contributed by atoms with Crippen molar-refractivity contribution in [3.05, 3.63) is 0 Å². The number of carbonyl (C=O) groups excluding carboxylic acids is 1. The molecule has 3 atom stereocenters. The number of nitrogens with zero attached hydrogens (tertiary/aromatic N) is 2. The van der Waals surface area contributed by atoms with E-state index in [1.807, 2.05) is 4.90 Å². The highest BCUT2D eigenvalue weighted by Crippen LogP contribution is 2.38. The van der Waals surface area contributed by atoms with Gasteiger partial charge < -0.3 is 10.0 Å². The van der Waals surface area contributed by atoms with Crippen molar-refractivity contribution in [1.29, 1.82) is 0 Å². The second kappa shape index (κ2) is 6.02. The number of aliphatic hydroxyl groups excluding tert-OH is 1. The van der Waals surface area contributed by atoms with Crippen LogP contribution in [0.25, 0.3) is 0 Å². The highest BCUT2D eigenvalue weighted by atomic mass is 16.3. The van der Waals surface area contributed by atoms with Crippen molar-refractivity contribution in [2.24, 2.45) is 11.8 Å². The highest BCUT2D eigenvalue weighted by molar-refractivity contribution is 5.76. The summed E-state index contributed by atoms with van der Waals surface area (Å²) in [6.07, 6.45) is 6.44. The zero-order valence-electron chi connectivity index (χ0n) is 12.6. The molecular formula is C16H28N2O2. The van der Waals surface area contributed by atoms with E-state index in [0.717, 1.165) is 57.8 Å². The number of hydrogen-bond donors (Lipinski definition) is 1. The maximum absolute atomic E-state index is 12.3. The Balaban J connectivity index is 1.44. The molecule has 3 fully saturated rings. The fraction of sp³-hybridized carbons (Fsp3) is 0.938. The van der Waals surface area contributed by atoms with Crippen molar-refractivity contribution in [3.8, 4) is 0 Å². The number of hydrogen-bond acceptors (Lipinski definition) is 3. The third-order valence-electron chi connectivity index (χ3n) is 5.50. The maximum Gasteiger partial charge on any atom is 0.222 e. The van der Waals surface area contributed by atoms with Gasteiger partial charge >= 0.3 is 0 Å². The molecule has 114 valence electrons. The molecule has 1 aliphatic heterocycles. The summed E-state index contributed by atoms with van der Waals surface area (Å²) in [6, 6.07) is 0.345. The molecule has 4 heteroatoms. The van der Waals surface area contributed by atoms with Gasteiger partial charge in [-0.1, -0.05) is 6.92 Å². The fourth-order valence-corrected chi connectivity index (χ4v) is 3.89. The molecule has 3 aliphatic rings. The zero-order chi connectivity index (χ0) is 14.1. The summed E-state index contributed by atoms with van der Waals surface area (Å²) in [6.45, 7) is 5.79. The predicted molar refractivity (Wildman–Crippen MR) is 78.3 cm³/mol. The lowest BCUT2D eigenvalue weighted by Gasteiger charge is -2.39. The van der Waals surface area contributed by atoms with Crippen LogP contribution in [0.4, 0.5) is 0 Å². The van der Waals surface area contributed by atoms with E-state index in [-0.39, 0.29) is 6.10 Å². The van der Waals surface area contributed by atoms with Crippen molar-refractivity contribution in [2.75, 3.05) is 26.2 Å². The van der Waals surface area contributed by atoms with Gasteiger partial charge in [-0.2, -0.15) is 0 Å². The van der Waals surface area contributed by atoms with Gasteiger partial charge in [0.2, 0.25) is 5.91 Å². The molecule has 2 saturated carbocycles. The Morgan fingerprint density at radius 3 is 2.40 bits per heavy atom. The van der Waals surface area contributed by atoms with Gasteiger partial charge in [-0.3, -0.25) is 9.69 Å². The van der Waals surface area contributed by atoms with Crippen molar-refractivity contribution in [2.45, 2.75) is 57.6 Å². The second-order valence-electron chi connectivity index (χ2n) is 7.00. The lowest BCUT2D eigenvalue weighted by Crippen LogP contribution is -2.53. The number of rotatable bonds is 4. The molecule has 0 aromatic rings. The van der Waals surface area contributed by atoms with Crippen LogP contribution in [0.3, 0.4) is 0 Å². The fourth-order valence-electron chi connectivity index (χ4n) is 3.89. The molecular weight excluding hydrogens is 252 g/mol. The molecule has 1 N–H and O–H groups in total. The van der Waals surface area contributed by atoms with Crippen molar-refractivity contribution in [1.82, 2.24) is 9.80 Å². The van der Waals surface area contributed by atoms with Crippen LogP contribution in [0.5, 0.6) is 0 Å². The topological polar surface area (TPSA) is 43.8 Å². The minimum Gasteiger partial charge on any atom is -0.391 e. The zero-order valence-corrected chi connectivity index (χ0v) is 12.6. The van der Waals surface area contributed by atoms with Crippen LogP contribution in [-0.4, -0.2) is 59.1 Å². The van der Waals surface area contributed by atoms with E-state index in [1.165, 1.54) is 12.8 Å².